The van der Waals surface area contributed by atoms with E-state index in [0.29, 0.717) is 0 Å². The van der Waals surface area contributed by atoms with Crippen LogP contribution in [-0.4, -0.2) is 70.4 Å². The Morgan fingerprint density at radius 2 is 1.28 bits per heavy atom. The molecule has 0 aromatic heterocycles. The molecule has 25 heavy (non-hydrogen) atoms. The minimum Gasteiger partial charge on any atom is -0.468 e. The highest BCUT2D eigenvalue weighted by Crippen LogP contribution is 2.39. The molecule has 1 unspecified atom stereocenters. The van der Waals surface area contributed by atoms with Crippen LogP contribution in [0.2, 0.25) is 0 Å². The molecular formula is C14H25N3O8. The van der Waals surface area contributed by atoms with E-state index in [9.17, 15) is 19.2 Å². The van der Waals surface area contributed by atoms with Gasteiger partial charge >= 0.3 is 23.9 Å². The average Bonchev–Trinajstić information content (AvgIpc) is 2.64. The molecular weight excluding hydrogens is 338 g/mol. The first kappa shape index (κ1) is 22.8. The van der Waals surface area contributed by atoms with Crippen molar-refractivity contribution < 1.29 is 38.1 Å². The molecule has 0 rings (SSSR count). The molecule has 0 bridgehead atoms. The van der Waals surface area contributed by atoms with Gasteiger partial charge < -0.3 is 36.1 Å². The van der Waals surface area contributed by atoms with E-state index in [0.717, 1.165) is 21.3 Å². The van der Waals surface area contributed by atoms with E-state index in [1.165, 1.54) is 0 Å². The fourth-order valence-electron chi connectivity index (χ4n) is 2.38. The second kappa shape index (κ2) is 9.91. The van der Waals surface area contributed by atoms with Gasteiger partial charge in [0.25, 0.3) is 0 Å². The second-order valence-electron chi connectivity index (χ2n) is 5.00. The summed E-state index contributed by atoms with van der Waals surface area (Å²) in [7, 11) is 2.86. The van der Waals surface area contributed by atoms with Gasteiger partial charge in [-0.15, -0.1) is 0 Å². The zero-order chi connectivity index (χ0) is 19.7. The van der Waals surface area contributed by atoms with Gasteiger partial charge in [0.2, 0.25) is 11.0 Å². The zero-order valence-electron chi connectivity index (χ0n) is 14.5. The first-order chi connectivity index (χ1) is 11.7. The number of ether oxygens (including phenoxy) is 4. The Morgan fingerprint density at radius 3 is 1.64 bits per heavy atom. The maximum Gasteiger partial charge on any atom is 0.339 e. The molecule has 0 spiro atoms. The lowest BCUT2D eigenvalue weighted by Gasteiger charge is -2.39. The highest BCUT2D eigenvalue weighted by atomic mass is 16.6. The zero-order valence-corrected chi connectivity index (χ0v) is 14.5. The summed E-state index contributed by atoms with van der Waals surface area (Å²) in [4.78, 5) is 49.9. The molecule has 0 aromatic carbocycles. The van der Waals surface area contributed by atoms with Crippen molar-refractivity contribution in [2.45, 2.75) is 18.4 Å². The van der Waals surface area contributed by atoms with Crippen molar-refractivity contribution >= 4 is 23.9 Å². The highest BCUT2D eigenvalue weighted by Gasteiger charge is 2.71. The Labute approximate surface area is 145 Å². The monoisotopic (exact) mass is 363 g/mol. The summed E-state index contributed by atoms with van der Waals surface area (Å²) in [6, 6.07) is 0. The molecule has 11 nitrogen and oxygen atoms in total. The van der Waals surface area contributed by atoms with E-state index >= 15 is 0 Å². The quantitative estimate of drug-likeness (QED) is 0.210. The molecule has 0 aliphatic rings. The molecule has 11 heteroatoms. The van der Waals surface area contributed by atoms with Crippen LogP contribution in [0.1, 0.15) is 12.8 Å². The lowest BCUT2D eigenvalue weighted by Crippen LogP contribution is -2.72. The molecule has 1 atom stereocenters. The molecule has 0 heterocycles. The smallest absolute Gasteiger partial charge is 0.339 e. The van der Waals surface area contributed by atoms with E-state index in [1.54, 1.807) is 0 Å². The maximum atomic E-state index is 12.5. The average molecular weight is 363 g/mol. The predicted molar refractivity (Wildman–Crippen MR) is 83.7 cm³/mol. The molecule has 0 saturated heterocycles. The minimum absolute atomic E-state index is 0.0326. The topological polar surface area (TPSA) is 183 Å². The maximum absolute atomic E-state index is 12.5. The van der Waals surface area contributed by atoms with Gasteiger partial charge in [-0.3, -0.25) is 9.59 Å². The summed E-state index contributed by atoms with van der Waals surface area (Å²) >= 11 is 0. The van der Waals surface area contributed by atoms with Crippen LogP contribution in [-0.2, 0) is 38.1 Å². The summed E-state index contributed by atoms with van der Waals surface area (Å²) in [6.45, 7) is -0.343. The second-order valence-corrected chi connectivity index (χ2v) is 5.00. The number of nitrogens with two attached hydrogens (primary N) is 3. The standard InChI is InChI=1S/C14H25N3O8/c1-22-9(18)13(5-4-6-15,10(19)23-2)14(17,11(20)24-3)12(21)25-8-7-16/h4-8,15-17H2,1-3H3. The molecule has 144 valence electrons. The van der Waals surface area contributed by atoms with Crippen molar-refractivity contribution in [3.05, 3.63) is 0 Å². The Bertz CT molecular complexity index is 494. The molecule has 0 aromatic rings. The Hall–Kier alpha value is -2.24. The summed E-state index contributed by atoms with van der Waals surface area (Å²) in [6.07, 6.45) is -0.365. The molecule has 0 aliphatic heterocycles. The Kier molecular flexibility index (Phi) is 9.02. The number of carbonyl (C=O) groups excluding carboxylic acids is 4. The van der Waals surface area contributed by atoms with Gasteiger partial charge in [0.1, 0.15) is 6.61 Å². The van der Waals surface area contributed by atoms with Crippen molar-refractivity contribution in [2.24, 2.45) is 22.6 Å². The first-order valence-electron chi connectivity index (χ1n) is 7.36. The SMILES string of the molecule is COC(=O)C(N)(C(=O)OCCN)C(CCCN)(C(=O)OC)C(=O)OC. The minimum atomic E-state index is -2.85. The normalized spacial score (nSPS) is 13.4. The summed E-state index contributed by atoms with van der Waals surface area (Å²) in [5.41, 5.74) is 11.3. The summed E-state index contributed by atoms with van der Waals surface area (Å²) in [5, 5.41) is 0. The van der Waals surface area contributed by atoms with Crippen LogP contribution in [0.15, 0.2) is 0 Å². The van der Waals surface area contributed by atoms with E-state index in [2.05, 4.69) is 14.2 Å². The molecule has 6 N–H and O–H groups in total. The fraction of sp³-hybridized carbons (Fsp3) is 0.714. The number of hydrogen-bond donors (Lipinski definition) is 3. The third-order valence-electron chi connectivity index (χ3n) is 3.68. The van der Waals surface area contributed by atoms with Crippen molar-refractivity contribution in [1.82, 2.24) is 0 Å². The van der Waals surface area contributed by atoms with Crippen molar-refractivity contribution in [3.63, 3.8) is 0 Å². The first-order valence-corrected chi connectivity index (χ1v) is 7.36. The number of methoxy groups -OCH3 is 3. The fourth-order valence-corrected chi connectivity index (χ4v) is 2.38. The van der Waals surface area contributed by atoms with Gasteiger partial charge in [0.05, 0.1) is 21.3 Å². The lowest BCUT2D eigenvalue weighted by molar-refractivity contribution is -0.191. The Morgan fingerprint density at radius 1 is 0.800 bits per heavy atom. The van der Waals surface area contributed by atoms with Gasteiger partial charge in [0.15, 0.2) is 0 Å². The predicted octanol–water partition coefficient (Wildman–Crippen LogP) is -2.57. The van der Waals surface area contributed by atoms with Crippen LogP contribution in [0.4, 0.5) is 0 Å². The van der Waals surface area contributed by atoms with E-state index in [4.69, 9.17) is 21.9 Å². The number of esters is 4. The van der Waals surface area contributed by atoms with Crippen LogP contribution < -0.4 is 17.2 Å². The number of rotatable bonds is 10. The van der Waals surface area contributed by atoms with Gasteiger partial charge in [-0.2, -0.15) is 0 Å². The van der Waals surface area contributed by atoms with Gasteiger partial charge in [-0.05, 0) is 19.4 Å². The third kappa shape index (κ3) is 4.06. The van der Waals surface area contributed by atoms with Crippen LogP contribution in [0.25, 0.3) is 0 Å². The van der Waals surface area contributed by atoms with Crippen LogP contribution in [0.3, 0.4) is 0 Å². The van der Waals surface area contributed by atoms with Crippen molar-refractivity contribution in [1.29, 1.82) is 0 Å². The van der Waals surface area contributed by atoms with Crippen LogP contribution in [0.5, 0.6) is 0 Å². The largest absolute Gasteiger partial charge is 0.468 e. The van der Waals surface area contributed by atoms with Crippen molar-refractivity contribution in [3.8, 4) is 0 Å². The highest BCUT2D eigenvalue weighted by molar-refractivity contribution is 6.17. The number of carbonyl (C=O) groups is 4. The van der Waals surface area contributed by atoms with Gasteiger partial charge in [-0.25, -0.2) is 9.59 Å². The van der Waals surface area contributed by atoms with Crippen LogP contribution >= 0.6 is 0 Å². The molecule has 0 amide bonds. The van der Waals surface area contributed by atoms with Gasteiger partial charge in [-0.1, -0.05) is 0 Å². The molecule has 0 aliphatic carbocycles. The van der Waals surface area contributed by atoms with Gasteiger partial charge in [0, 0.05) is 6.54 Å². The lowest BCUT2D eigenvalue weighted by atomic mass is 9.66. The van der Waals surface area contributed by atoms with E-state index in [1.807, 2.05) is 0 Å². The number of hydrogen-bond acceptors (Lipinski definition) is 11. The Balaban J connectivity index is 6.58. The third-order valence-corrected chi connectivity index (χ3v) is 3.68. The van der Waals surface area contributed by atoms with Crippen LogP contribution in [0, 0.1) is 5.41 Å². The molecule has 0 fully saturated rings. The van der Waals surface area contributed by atoms with E-state index in [-0.39, 0.29) is 26.1 Å². The van der Waals surface area contributed by atoms with Crippen molar-refractivity contribution in [2.75, 3.05) is 41.0 Å². The molecule has 0 radical (unpaired) electrons. The van der Waals surface area contributed by atoms with E-state index < -0.39 is 41.3 Å². The summed E-state index contributed by atoms with van der Waals surface area (Å²) < 4.78 is 18.6. The summed E-state index contributed by atoms with van der Waals surface area (Å²) in [5.74, 6) is -5.27. The molecule has 0 saturated carbocycles.